The number of rotatable bonds is 4. The van der Waals surface area contributed by atoms with Crippen molar-refractivity contribution in [2.45, 2.75) is 10.9 Å². The Balaban J connectivity index is 1.84. The van der Waals surface area contributed by atoms with E-state index >= 15 is 0 Å². The van der Waals surface area contributed by atoms with Gasteiger partial charge in [-0.15, -0.1) is 0 Å². The Morgan fingerprint density at radius 3 is 2.63 bits per heavy atom. The predicted octanol–water partition coefficient (Wildman–Crippen LogP) is 5.47. The SMILES string of the molecule is O=c1c2ccccc2nc(SCc2cccc(F)c2)n1-c1cccc(Cl)c1. The molecular weight excluding hydrogens is 383 g/mol. The lowest BCUT2D eigenvalue weighted by Gasteiger charge is -2.13. The van der Waals surface area contributed by atoms with Gasteiger partial charge >= 0.3 is 0 Å². The molecule has 6 heteroatoms. The minimum Gasteiger partial charge on any atom is -0.268 e. The van der Waals surface area contributed by atoms with Gasteiger partial charge in [0.25, 0.3) is 5.56 Å². The van der Waals surface area contributed by atoms with Crippen molar-refractivity contribution in [1.29, 1.82) is 0 Å². The maximum Gasteiger partial charge on any atom is 0.266 e. The van der Waals surface area contributed by atoms with Crippen LogP contribution in [0.2, 0.25) is 5.02 Å². The first-order chi connectivity index (χ1) is 13.1. The Kier molecular flexibility index (Phi) is 4.97. The van der Waals surface area contributed by atoms with Crippen LogP contribution in [-0.4, -0.2) is 9.55 Å². The van der Waals surface area contributed by atoms with Gasteiger partial charge in [-0.05, 0) is 48.0 Å². The smallest absolute Gasteiger partial charge is 0.266 e. The Hall–Kier alpha value is -2.63. The van der Waals surface area contributed by atoms with Crippen molar-refractivity contribution in [3.8, 4) is 5.69 Å². The molecule has 0 aliphatic heterocycles. The van der Waals surface area contributed by atoms with Crippen LogP contribution >= 0.6 is 23.4 Å². The number of aromatic nitrogens is 2. The highest BCUT2D eigenvalue weighted by Crippen LogP contribution is 2.25. The van der Waals surface area contributed by atoms with Crippen LogP contribution in [0.5, 0.6) is 0 Å². The van der Waals surface area contributed by atoms with Gasteiger partial charge in [0, 0.05) is 10.8 Å². The van der Waals surface area contributed by atoms with Crippen LogP contribution in [-0.2, 0) is 5.75 Å². The quantitative estimate of drug-likeness (QED) is 0.339. The van der Waals surface area contributed by atoms with Gasteiger partial charge in [0.15, 0.2) is 5.16 Å². The fraction of sp³-hybridized carbons (Fsp3) is 0.0476. The molecule has 4 aromatic rings. The molecule has 0 N–H and O–H groups in total. The van der Waals surface area contributed by atoms with E-state index in [0.29, 0.717) is 32.5 Å². The summed E-state index contributed by atoms with van der Waals surface area (Å²) in [6, 6.07) is 20.7. The van der Waals surface area contributed by atoms with Gasteiger partial charge in [-0.25, -0.2) is 9.37 Å². The molecule has 0 saturated heterocycles. The highest BCUT2D eigenvalue weighted by atomic mass is 35.5. The lowest BCUT2D eigenvalue weighted by molar-refractivity contribution is 0.626. The molecule has 0 unspecified atom stereocenters. The van der Waals surface area contributed by atoms with Crippen LogP contribution in [0.4, 0.5) is 4.39 Å². The van der Waals surface area contributed by atoms with Gasteiger partial charge in [-0.1, -0.05) is 53.7 Å². The standard InChI is InChI=1S/C21H14ClFN2OS/c22-15-6-4-8-17(12-15)25-20(26)18-9-1-2-10-19(18)24-21(25)27-13-14-5-3-7-16(23)11-14/h1-12H,13H2. The second-order valence-corrected chi connectivity index (χ2v) is 7.33. The molecule has 0 aliphatic carbocycles. The number of halogens is 2. The normalized spacial score (nSPS) is 11.0. The molecule has 27 heavy (non-hydrogen) atoms. The monoisotopic (exact) mass is 396 g/mol. The zero-order valence-electron chi connectivity index (χ0n) is 14.1. The summed E-state index contributed by atoms with van der Waals surface area (Å²) in [5.74, 6) is 0.204. The van der Waals surface area contributed by atoms with E-state index in [0.717, 1.165) is 5.56 Å². The van der Waals surface area contributed by atoms with E-state index in [1.165, 1.54) is 23.9 Å². The lowest BCUT2D eigenvalue weighted by atomic mass is 10.2. The van der Waals surface area contributed by atoms with E-state index in [1.54, 1.807) is 34.9 Å². The Morgan fingerprint density at radius 2 is 1.81 bits per heavy atom. The molecule has 0 aliphatic rings. The zero-order chi connectivity index (χ0) is 18.8. The van der Waals surface area contributed by atoms with Gasteiger partial charge in [-0.2, -0.15) is 0 Å². The van der Waals surface area contributed by atoms with Crippen LogP contribution in [0.15, 0.2) is 82.7 Å². The molecule has 0 spiro atoms. The first kappa shape index (κ1) is 17.8. The van der Waals surface area contributed by atoms with Crippen molar-refractivity contribution in [3.63, 3.8) is 0 Å². The van der Waals surface area contributed by atoms with Crippen molar-refractivity contribution >= 4 is 34.3 Å². The summed E-state index contributed by atoms with van der Waals surface area (Å²) in [5, 5.41) is 1.60. The number of para-hydroxylation sites is 1. The third kappa shape index (κ3) is 3.75. The van der Waals surface area contributed by atoms with Gasteiger partial charge < -0.3 is 0 Å². The Bertz CT molecular complexity index is 1190. The molecule has 1 heterocycles. The average molecular weight is 397 g/mol. The molecule has 0 saturated carbocycles. The summed E-state index contributed by atoms with van der Waals surface area (Å²) in [7, 11) is 0. The molecule has 4 rings (SSSR count). The fourth-order valence-electron chi connectivity index (χ4n) is 2.83. The minimum absolute atomic E-state index is 0.162. The predicted molar refractivity (Wildman–Crippen MR) is 108 cm³/mol. The first-order valence-electron chi connectivity index (χ1n) is 8.27. The van der Waals surface area contributed by atoms with E-state index < -0.39 is 0 Å². The van der Waals surface area contributed by atoms with Crippen LogP contribution in [0.3, 0.4) is 0 Å². The van der Waals surface area contributed by atoms with Crippen LogP contribution < -0.4 is 5.56 Å². The molecule has 3 aromatic carbocycles. The number of hydrogen-bond acceptors (Lipinski definition) is 3. The van der Waals surface area contributed by atoms with E-state index in [-0.39, 0.29) is 11.4 Å². The summed E-state index contributed by atoms with van der Waals surface area (Å²) in [6.07, 6.45) is 0. The Labute approximate surface area is 164 Å². The molecule has 3 nitrogen and oxygen atoms in total. The van der Waals surface area contributed by atoms with Crippen molar-refractivity contribution in [1.82, 2.24) is 9.55 Å². The fourth-order valence-corrected chi connectivity index (χ4v) is 3.97. The second-order valence-electron chi connectivity index (χ2n) is 5.95. The van der Waals surface area contributed by atoms with Crippen LogP contribution in [0, 0.1) is 5.82 Å². The second kappa shape index (κ2) is 7.55. The number of hydrogen-bond donors (Lipinski definition) is 0. The summed E-state index contributed by atoms with van der Waals surface area (Å²) >= 11 is 7.50. The third-order valence-corrected chi connectivity index (χ3v) is 5.31. The lowest BCUT2D eigenvalue weighted by Crippen LogP contribution is -2.21. The van der Waals surface area contributed by atoms with Crippen molar-refractivity contribution in [2.24, 2.45) is 0 Å². The van der Waals surface area contributed by atoms with Gasteiger partial charge in [0.05, 0.1) is 16.6 Å². The third-order valence-electron chi connectivity index (χ3n) is 4.07. The van der Waals surface area contributed by atoms with Gasteiger partial charge in [-0.3, -0.25) is 9.36 Å². The molecule has 0 radical (unpaired) electrons. The Morgan fingerprint density at radius 1 is 1.00 bits per heavy atom. The molecule has 1 aromatic heterocycles. The summed E-state index contributed by atoms with van der Waals surface area (Å²) in [6.45, 7) is 0. The summed E-state index contributed by atoms with van der Waals surface area (Å²) in [5.41, 5.74) is 1.93. The number of nitrogens with zero attached hydrogens (tertiary/aromatic N) is 2. The van der Waals surface area contributed by atoms with E-state index in [2.05, 4.69) is 4.98 Å². The van der Waals surface area contributed by atoms with E-state index in [4.69, 9.17) is 11.6 Å². The largest absolute Gasteiger partial charge is 0.268 e. The molecule has 0 atom stereocenters. The van der Waals surface area contributed by atoms with Crippen molar-refractivity contribution < 1.29 is 4.39 Å². The molecule has 0 amide bonds. The van der Waals surface area contributed by atoms with Crippen molar-refractivity contribution in [3.05, 3.63) is 99.6 Å². The van der Waals surface area contributed by atoms with Gasteiger partial charge in [0.1, 0.15) is 5.82 Å². The van der Waals surface area contributed by atoms with Crippen molar-refractivity contribution in [2.75, 3.05) is 0 Å². The van der Waals surface area contributed by atoms with E-state index in [9.17, 15) is 9.18 Å². The molecule has 134 valence electrons. The van der Waals surface area contributed by atoms with Crippen LogP contribution in [0.25, 0.3) is 16.6 Å². The summed E-state index contributed by atoms with van der Waals surface area (Å²) in [4.78, 5) is 17.8. The first-order valence-corrected chi connectivity index (χ1v) is 9.63. The van der Waals surface area contributed by atoms with Crippen LogP contribution in [0.1, 0.15) is 5.56 Å². The molecule has 0 fully saturated rings. The maximum atomic E-state index is 13.5. The average Bonchev–Trinajstić information content (AvgIpc) is 2.66. The maximum absolute atomic E-state index is 13.5. The number of benzene rings is 3. The number of fused-ring (bicyclic) bond motifs is 1. The van der Waals surface area contributed by atoms with Gasteiger partial charge in [0.2, 0.25) is 0 Å². The minimum atomic E-state index is -0.285. The zero-order valence-corrected chi connectivity index (χ0v) is 15.7. The topological polar surface area (TPSA) is 34.9 Å². The summed E-state index contributed by atoms with van der Waals surface area (Å²) < 4.78 is 15.0. The highest BCUT2D eigenvalue weighted by molar-refractivity contribution is 7.98. The molecular formula is C21H14ClFN2OS. The number of thioether (sulfide) groups is 1. The highest BCUT2D eigenvalue weighted by Gasteiger charge is 2.14. The van der Waals surface area contributed by atoms with E-state index in [1.807, 2.05) is 30.3 Å². The molecule has 0 bridgehead atoms.